The molecule has 0 fully saturated rings. The highest BCUT2D eigenvalue weighted by molar-refractivity contribution is 7.98. The van der Waals surface area contributed by atoms with Crippen LogP contribution in [0.25, 0.3) is 22.5 Å². The van der Waals surface area contributed by atoms with Gasteiger partial charge in [0.15, 0.2) is 11.6 Å². The van der Waals surface area contributed by atoms with Crippen LogP contribution in [0.2, 0.25) is 0 Å². The van der Waals surface area contributed by atoms with Crippen molar-refractivity contribution in [2.24, 2.45) is 0 Å². The van der Waals surface area contributed by atoms with Crippen LogP contribution in [0.1, 0.15) is 16.2 Å². The molecule has 0 saturated heterocycles. The Hall–Kier alpha value is -3.25. The number of nitrogens with one attached hydrogen (secondary N) is 1. The molecule has 0 aliphatic carbocycles. The number of hydrogen-bond acceptors (Lipinski definition) is 9. The highest BCUT2D eigenvalue weighted by Gasteiger charge is 2.23. The fourth-order valence-corrected chi connectivity index (χ4v) is 3.37. The first-order valence-electron chi connectivity index (χ1n) is 8.05. The lowest BCUT2D eigenvalue weighted by Crippen LogP contribution is -2.21. The molecule has 0 aliphatic rings. The molecule has 4 aromatic rings. The van der Waals surface area contributed by atoms with Crippen molar-refractivity contribution in [2.45, 2.75) is 11.6 Å². The second-order valence-corrected chi connectivity index (χ2v) is 6.46. The number of pyridine rings is 1. The third-order valence-corrected chi connectivity index (χ3v) is 4.77. The number of aromatic nitrogens is 7. The van der Waals surface area contributed by atoms with E-state index in [-0.39, 0.29) is 18.0 Å². The van der Waals surface area contributed by atoms with Crippen LogP contribution in [0.5, 0.6) is 0 Å². The largest absolute Gasteiger partial charge is 0.465 e. The van der Waals surface area contributed by atoms with Crippen LogP contribution in [0.15, 0.2) is 28.3 Å². The molecule has 4 rings (SSSR count). The number of ether oxygens (including phenoxy) is 2. The Morgan fingerprint density at radius 2 is 2.18 bits per heavy atom. The molecule has 0 atom stereocenters. The number of aromatic amines is 1. The van der Waals surface area contributed by atoms with Gasteiger partial charge in [0.1, 0.15) is 17.2 Å². The summed E-state index contributed by atoms with van der Waals surface area (Å²) in [6.07, 6.45) is 4.74. The van der Waals surface area contributed by atoms with E-state index in [0.717, 1.165) is 0 Å². The van der Waals surface area contributed by atoms with E-state index in [4.69, 9.17) is 9.47 Å². The Morgan fingerprint density at radius 3 is 2.89 bits per heavy atom. The fourth-order valence-electron chi connectivity index (χ4n) is 2.85. The SMILES string of the molecule is COCc1nc2ncc3c(=O)n(-c4[nH]nc(SC)c4C(=O)OC)ccc3n2n1. The van der Waals surface area contributed by atoms with Crippen LogP contribution >= 0.6 is 11.8 Å². The van der Waals surface area contributed by atoms with Crippen LogP contribution in [0.4, 0.5) is 0 Å². The minimum absolute atomic E-state index is 0.189. The highest BCUT2D eigenvalue weighted by Crippen LogP contribution is 2.24. The summed E-state index contributed by atoms with van der Waals surface area (Å²) in [6.45, 7) is 0.232. The molecule has 0 spiro atoms. The molecular weight excluding hydrogens is 386 g/mol. The lowest BCUT2D eigenvalue weighted by molar-refractivity contribution is 0.0597. The molecule has 12 heteroatoms. The predicted molar refractivity (Wildman–Crippen MR) is 99.9 cm³/mol. The molecule has 0 unspecified atom stereocenters. The summed E-state index contributed by atoms with van der Waals surface area (Å²) in [6, 6.07) is 1.69. The van der Waals surface area contributed by atoms with Gasteiger partial charge in [-0.05, 0) is 12.3 Å². The van der Waals surface area contributed by atoms with Crippen molar-refractivity contribution >= 4 is 34.4 Å². The Balaban J connectivity index is 1.94. The van der Waals surface area contributed by atoms with E-state index in [2.05, 4.69) is 25.3 Å². The van der Waals surface area contributed by atoms with E-state index in [1.165, 1.54) is 40.3 Å². The number of rotatable bonds is 5. The van der Waals surface area contributed by atoms with Crippen molar-refractivity contribution in [3.05, 3.63) is 40.2 Å². The van der Waals surface area contributed by atoms with Gasteiger partial charge in [-0.2, -0.15) is 14.6 Å². The molecule has 1 N–H and O–H groups in total. The molecular formula is C16H15N7O4S. The molecule has 28 heavy (non-hydrogen) atoms. The maximum absolute atomic E-state index is 13.1. The average Bonchev–Trinajstić information content (AvgIpc) is 3.31. The van der Waals surface area contributed by atoms with Crippen molar-refractivity contribution in [2.75, 3.05) is 20.5 Å². The third kappa shape index (κ3) is 2.73. The number of hydrogen-bond donors (Lipinski definition) is 1. The first kappa shape index (κ1) is 18.1. The first-order valence-corrected chi connectivity index (χ1v) is 9.27. The van der Waals surface area contributed by atoms with E-state index in [1.807, 2.05) is 0 Å². The third-order valence-electron chi connectivity index (χ3n) is 4.09. The van der Waals surface area contributed by atoms with E-state index >= 15 is 0 Å². The Kier molecular flexibility index (Phi) is 4.57. The zero-order chi connectivity index (χ0) is 19.8. The summed E-state index contributed by atoms with van der Waals surface area (Å²) in [5, 5.41) is 11.9. The number of methoxy groups -OCH3 is 2. The number of esters is 1. The minimum Gasteiger partial charge on any atom is -0.465 e. The van der Waals surface area contributed by atoms with Crippen LogP contribution < -0.4 is 5.56 Å². The fraction of sp³-hybridized carbons (Fsp3) is 0.250. The number of carbonyl (C=O) groups excluding carboxylic acids is 1. The van der Waals surface area contributed by atoms with Crippen LogP contribution in [0.3, 0.4) is 0 Å². The van der Waals surface area contributed by atoms with Gasteiger partial charge < -0.3 is 9.47 Å². The van der Waals surface area contributed by atoms with Gasteiger partial charge in [-0.25, -0.2) is 9.78 Å². The number of fused-ring (bicyclic) bond motifs is 3. The summed E-state index contributed by atoms with van der Waals surface area (Å²) in [7, 11) is 2.82. The van der Waals surface area contributed by atoms with Crippen molar-refractivity contribution in [1.82, 2.24) is 34.3 Å². The number of carbonyl (C=O) groups is 1. The number of nitrogens with zero attached hydrogens (tertiary/aromatic N) is 6. The Bertz CT molecular complexity index is 1260. The predicted octanol–water partition coefficient (Wildman–Crippen LogP) is 0.806. The first-order chi connectivity index (χ1) is 13.6. The maximum atomic E-state index is 13.1. The molecule has 4 aromatic heterocycles. The molecule has 4 heterocycles. The van der Waals surface area contributed by atoms with E-state index in [0.29, 0.717) is 27.5 Å². The molecule has 0 radical (unpaired) electrons. The summed E-state index contributed by atoms with van der Waals surface area (Å²) >= 11 is 1.27. The van der Waals surface area contributed by atoms with Gasteiger partial charge in [0.05, 0.1) is 18.0 Å². The molecule has 11 nitrogen and oxygen atoms in total. The van der Waals surface area contributed by atoms with E-state index in [1.54, 1.807) is 19.4 Å². The van der Waals surface area contributed by atoms with Crippen molar-refractivity contribution in [3.8, 4) is 5.82 Å². The topological polar surface area (TPSA) is 129 Å². The van der Waals surface area contributed by atoms with Gasteiger partial charge in [-0.3, -0.25) is 14.5 Å². The normalized spacial score (nSPS) is 11.4. The van der Waals surface area contributed by atoms with Gasteiger partial charge in [0.25, 0.3) is 11.3 Å². The van der Waals surface area contributed by atoms with Crippen molar-refractivity contribution in [3.63, 3.8) is 0 Å². The zero-order valence-corrected chi connectivity index (χ0v) is 16.0. The Labute approximate surface area is 161 Å². The smallest absolute Gasteiger partial charge is 0.344 e. The summed E-state index contributed by atoms with van der Waals surface area (Å²) in [5.74, 6) is 0.451. The molecule has 144 valence electrons. The van der Waals surface area contributed by atoms with Crippen LogP contribution in [0, 0.1) is 0 Å². The summed E-state index contributed by atoms with van der Waals surface area (Å²) < 4.78 is 12.7. The van der Waals surface area contributed by atoms with Gasteiger partial charge >= 0.3 is 5.97 Å². The minimum atomic E-state index is -0.589. The van der Waals surface area contributed by atoms with E-state index in [9.17, 15) is 9.59 Å². The number of H-pyrrole nitrogens is 1. The maximum Gasteiger partial charge on any atom is 0.344 e. The van der Waals surface area contributed by atoms with Gasteiger partial charge in [-0.15, -0.1) is 16.9 Å². The average molecular weight is 401 g/mol. The van der Waals surface area contributed by atoms with E-state index < -0.39 is 11.5 Å². The molecule has 0 aliphatic heterocycles. The van der Waals surface area contributed by atoms with Gasteiger partial charge in [0, 0.05) is 19.5 Å². The summed E-state index contributed by atoms with van der Waals surface area (Å²) in [4.78, 5) is 33.8. The highest BCUT2D eigenvalue weighted by atomic mass is 32.2. The van der Waals surface area contributed by atoms with Crippen molar-refractivity contribution < 1.29 is 14.3 Å². The van der Waals surface area contributed by atoms with Crippen molar-refractivity contribution in [1.29, 1.82) is 0 Å². The molecule has 0 aromatic carbocycles. The monoisotopic (exact) mass is 401 g/mol. The number of thioether (sulfide) groups is 1. The zero-order valence-electron chi connectivity index (χ0n) is 15.2. The second-order valence-electron chi connectivity index (χ2n) is 5.67. The lowest BCUT2D eigenvalue weighted by Gasteiger charge is -2.07. The van der Waals surface area contributed by atoms with Crippen LogP contribution in [-0.4, -0.2) is 60.8 Å². The molecule has 0 bridgehead atoms. The van der Waals surface area contributed by atoms with Gasteiger partial charge in [-0.1, -0.05) is 0 Å². The lowest BCUT2D eigenvalue weighted by atomic mass is 10.3. The van der Waals surface area contributed by atoms with Gasteiger partial charge in [0.2, 0.25) is 0 Å². The standard InChI is InChI=1S/C16H15N7O4S/c1-26-7-10-18-16-17-6-8-9(23(16)21-10)4-5-22(14(8)24)12-11(15(25)27-2)13(28-3)20-19-12/h4-6H,7H2,1-3H3,(H,19,20). The summed E-state index contributed by atoms with van der Waals surface area (Å²) in [5.41, 5.74) is 0.330. The molecule has 0 saturated carbocycles. The molecule has 0 amide bonds. The van der Waals surface area contributed by atoms with Crippen LogP contribution in [-0.2, 0) is 16.1 Å². The Morgan fingerprint density at radius 1 is 1.36 bits per heavy atom. The second kappa shape index (κ2) is 7.05. The quantitative estimate of drug-likeness (QED) is 0.381.